The van der Waals surface area contributed by atoms with Crippen LogP contribution in [0.15, 0.2) is 103 Å². The van der Waals surface area contributed by atoms with Gasteiger partial charge in [0.2, 0.25) is 17.8 Å². The molecular formula is C46H47ClFN9O4. The Hall–Kier alpha value is -6.38. The number of halogens is 2. The number of benzene rings is 4. The summed E-state index contributed by atoms with van der Waals surface area (Å²) < 4.78 is 14.7. The first-order chi connectivity index (χ1) is 29.6. The second kappa shape index (κ2) is 18.9. The van der Waals surface area contributed by atoms with Crippen molar-refractivity contribution >= 4 is 69.7 Å². The zero-order valence-corrected chi connectivity index (χ0v) is 34.3. The van der Waals surface area contributed by atoms with Crippen LogP contribution >= 0.6 is 11.6 Å². The van der Waals surface area contributed by atoms with Crippen LogP contribution in [0.4, 0.5) is 38.9 Å². The molecular weight excluding hydrogens is 797 g/mol. The smallest absolute Gasteiger partial charge is 0.255 e. The van der Waals surface area contributed by atoms with Gasteiger partial charge in [-0.05, 0) is 117 Å². The van der Waals surface area contributed by atoms with E-state index >= 15 is 0 Å². The third-order valence-electron chi connectivity index (χ3n) is 11.7. The maximum Gasteiger partial charge on any atom is 0.255 e. The first kappa shape index (κ1) is 41.4. The number of hydrogen-bond acceptors (Lipinski definition) is 10. The normalized spacial score (nSPS) is 17.4. The van der Waals surface area contributed by atoms with E-state index in [-0.39, 0.29) is 41.3 Å². The van der Waals surface area contributed by atoms with Gasteiger partial charge >= 0.3 is 0 Å². The molecule has 61 heavy (non-hydrogen) atoms. The maximum atomic E-state index is 14.7. The van der Waals surface area contributed by atoms with Crippen LogP contribution < -0.4 is 26.2 Å². The summed E-state index contributed by atoms with van der Waals surface area (Å²) in [6.07, 6.45) is 5.07. The number of carbonyl (C=O) groups excluding carboxylic acids is 4. The van der Waals surface area contributed by atoms with Crippen molar-refractivity contribution in [3.8, 4) is 0 Å². The van der Waals surface area contributed by atoms with Gasteiger partial charge in [0.25, 0.3) is 11.8 Å². The zero-order valence-electron chi connectivity index (χ0n) is 33.6. The van der Waals surface area contributed by atoms with Crippen LogP contribution in [0.25, 0.3) is 0 Å². The minimum Gasteiger partial charge on any atom is -0.369 e. The van der Waals surface area contributed by atoms with Gasteiger partial charge in [0.05, 0.1) is 22.8 Å². The highest BCUT2D eigenvalue weighted by atomic mass is 35.5. The van der Waals surface area contributed by atoms with Crippen molar-refractivity contribution in [1.29, 1.82) is 0 Å². The lowest BCUT2D eigenvalue weighted by atomic mass is 9.90. The van der Waals surface area contributed by atoms with E-state index in [1.54, 1.807) is 72.8 Å². The number of rotatable bonds is 12. The third kappa shape index (κ3) is 10.3. The van der Waals surface area contributed by atoms with Gasteiger partial charge < -0.3 is 25.8 Å². The molecule has 0 radical (unpaired) electrons. The summed E-state index contributed by atoms with van der Waals surface area (Å²) in [7, 11) is 0. The van der Waals surface area contributed by atoms with Crippen molar-refractivity contribution in [1.82, 2.24) is 25.1 Å². The number of hydrogen-bond donors (Lipinski definition) is 4. The molecule has 8 rings (SSSR count). The molecule has 1 atom stereocenters. The van der Waals surface area contributed by atoms with Gasteiger partial charge in [-0.1, -0.05) is 35.9 Å². The van der Waals surface area contributed by atoms with E-state index in [1.165, 1.54) is 0 Å². The number of aromatic nitrogens is 2. The molecule has 15 heteroatoms. The van der Waals surface area contributed by atoms with E-state index in [0.29, 0.717) is 52.0 Å². The molecule has 3 fully saturated rings. The number of piperidine rings is 2. The molecule has 4 aromatic carbocycles. The molecule has 3 aliphatic rings. The van der Waals surface area contributed by atoms with E-state index in [9.17, 15) is 23.6 Å². The minimum atomic E-state index is -0.650. The fourth-order valence-corrected chi connectivity index (χ4v) is 8.25. The lowest BCUT2D eigenvalue weighted by molar-refractivity contribution is -0.134. The molecule has 4 amide bonds. The van der Waals surface area contributed by atoms with E-state index in [4.69, 9.17) is 11.6 Å². The average molecular weight is 844 g/mol. The maximum absolute atomic E-state index is 14.7. The number of anilines is 6. The molecule has 5 aromatic rings. The van der Waals surface area contributed by atoms with Crippen LogP contribution in [0.1, 0.15) is 64.3 Å². The molecule has 3 aliphatic heterocycles. The second-order valence-electron chi connectivity index (χ2n) is 15.7. The Morgan fingerprint density at radius 2 is 1.46 bits per heavy atom. The summed E-state index contributed by atoms with van der Waals surface area (Å²) in [6, 6.07) is 28.8. The SMILES string of the molecule is O=C1CCC(c2ccc(N3CCN(CCC4CCN(C(=O)c5ccc(Nc6ncc(F)c(Nc7ccc(C(=O)Nc8ccccc8Cl)cc7)n6)cc5)CC4)CC3)cc2)C(=O)N1. The number of para-hydroxylation sites is 1. The summed E-state index contributed by atoms with van der Waals surface area (Å²) >= 11 is 6.16. The Labute approximate surface area is 358 Å². The van der Waals surface area contributed by atoms with Crippen LogP contribution in [-0.2, 0) is 9.59 Å². The van der Waals surface area contributed by atoms with Gasteiger partial charge in [-0.2, -0.15) is 4.98 Å². The van der Waals surface area contributed by atoms with E-state index in [1.807, 2.05) is 17.0 Å². The molecule has 13 nitrogen and oxygen atoms in total. The van der Waals surface area contributed by atoms with Crippen LogP contribution in [0.5, 0.6) is 0 Å². The van der Waals surface area contributed by atoms with Crippen molar-refractivity contribution in [3.63, 3.8) is 0 Å². The fraction of sp³-hybridized carbons (Fsp3) is 0.304. The van der Waals surface area contributed by atoms with Gasteiger partial charge in [-0.3, -0.25) is 29.4 Å². The number of piperazine rings is 1. The highest BCUT2D eigenvalue weighted by molar-refractivity contribution is 6.33. The predicted molar refractivity (Wildman–Crippen MR) is 234 cm³/mol. The Morgan fingerprint density at radius 3 is 2.15 bits per heavy atom. The standard InChI is InChI=1S/C46H47ClFN9O4/c47-38-3-1-2-4-40(38)52-43(59)32-5-11-34(12-6-32)50-42-39(48)29-49-46(54-42)51-35-13-7-33(8-14-35)45(61)57-23-20-30(21-24-57)19-22-55-25-27-56(28-26-55)36-15-9-31(10-16-36)37-17-18-41(58)53-44(37)60/h1-16,29-30,37H,17-28H2,(H,52,59)(H,53,58,60)(H2,49,50,51,54). The molecule has 3 saturated heterocycles. The molecule has 1 aromatic heterocycles. The number of amides is 4. The quantitative estimate of drug-likeness (QED) is 0.0925. The van der Waals surface area contributed by atoms with Crippen LogP contribution in [-0.4, -0.2) is 89.2 Å². The highest BCUT2D eigenvalue weighted by Gasteiger charge is 2.29. The number of carbonyl (C=O) groups is 4. The Morgan fingerprint density at radius 1 is 0.787 bits per heavy atom. The molecule has 4 heterocycles. The third-order valence-corrected chi connectivity index (χ3v) is 12.0. The van der Waals surface area contributed by atoms with Gasteiger partial charge in [0.1, 0.15) is 0 Å². The summed E-state index contributed by atoms with van der Waals surface area (Å²) in [5.74, 6) is -0.945. The molecule has 1 unspecified atom stereocenters. The van der Waals surface area contributed by atoms with Crippen LogP contribution in [0.3, 0.4) is 0 Å². The lowest BCUT2D eigenvalue weighted by Crippen LogP contribution is -2.47. The monoisotopic (exact) mass is 843 g/mol. The summed E-state index contributed by atoms with van der Waals surface area (Å²) in [5, 5.41) is 11.7. The number of nitrogens with one attached hydrogen (secondary N) is 4. The molecule has 0 bridgehead atoms. The van der Waals surface area contributed by atoms with E-state index < -0.39 is 5.82 Å². The highest BCUT2D eigenvalue weighted by Crippen LogP contribution is 2.29. The van der Waals surface area contributed by atoms with Crippen molar-refractivity contribution < 1.29 is 23.6 Å². The topological polar surface area (TPSA) is 152 Å². The molecule has 0 saturated carbocycles. The predicted octanol–water partition coefficient (Wildman–Crippen LogP) is 7.59. The number of likely N-dealkylation sites (tertiary alicyclic amines) is 1. The largest absolute Gasteiger partial charge is 0.369 e. The molecule has 0 aliphatic carbocycles. The van der Waals surface area contributed by atoms with Gasteiger partial charge in [0.15, 0.2) is 11.6 Å². The fourth-order valence-electron chi connectivity index (χ4n) is 8.07. The van der Waals surface area contributed by atoms with Gasteiger partial charge in [-0.25, -0.2) is 9.37 Å². The Balaban J connectivity index is 0.756. The summed E-state index contributed by atoms with van der Waals surface area (Å²) in [6.45, 7) is 6.37. The Kier molecular flexibility index (Phi) is 12.8. The van der Waals surface area contributed by atoms with Crippen LogP contribution in [0.2, 0.25) is 5.02 Å². The first-order valence-electron chi connectivity index (χ1n) is 20.7. The van der Waals surface area contributed by atoms with Crippen LogP contribution in [0, 0.1) is 11.7 Å². The zero-order chi connectivity index (χ0) is 42.3. The van der Waals surface area contributed by atoms with E-state index in [0.717, 1.165) is 82.5 Å². The van der Waals surface area contributed by atoms with Gasteiger partial charge in [-0.15, -0.1) is 0 Å². The summed E-state index contributed by atoms with van der Waals surface area (Å²) in [4.78, 5) is 65.1. The second-order valence-corrected chi connectivity index (χ2v) is 16.1. The molecule has 4 N–H and O–H groups in total. The van der Waals surface area contributed by atoms with Gasteiger partial charge in [0, 0.05) is 73.9 Å². The van der Waals surface area contributed by atoms with Crippen molar-refractivity contribution in [3.05, 3.63) is 131 Å². The molecule has 0 spiro atoms. The summed E-state index contributed by atoms with van der Waals surface area (Å²) in [5.41, 5.74) is 4.77. The Bertz CT molecular complexity index is 2370. The lowest BCUT2D eigenvalue weighted by Gasteiger charge is -2.38. The van der Waals surface area contributed by atoms with Crippen molar-refractivity contribution in [2.75, 3.05) is 66.7 Å². The number of nitrogens with zero attached hydrogens (tertiary/aromatic N) is 5. The average Bonchev–Trinajstić information content (AvgIpc) is 3.28. The van der Waals surface area contributed by atoms with E-state index in [2.05, 4.69) is 53.2 Å². The van der Waals surface area contributed by atoms with Crippen molar-refractivity contribution in [2.24, 2.45) is 5.92 Å². The first-order valence-corrected chi connectivity index (χ1v) is 21.1. The number of imide groups is 1. The molecule has 314 valence electrons. The minimum absolute atomic E-state index is 0.00291. The van der Waals surface area contributed by atoms with Crippen molar-refractivity contribution in [2.45, 2.75) is 38.0 Å².